The highest BCUT2D eigenvalue weighted by atomic mass is 31.2. The van der Waals surface area contributed by atoms with Crippen molar-refractivity contribution in [1.29, 1.82) is 0 Å². The molecule has 0 aliphatic rings. The Bertz CT molecular complexity index is 698. The van der Waals surface area contributed by atoms with Gasteiger partial charge in [0.1, 0.15) is 29.0 Å². The van der Waals surface area contributed by atoms with Crippen LogP contribution in [0, 0.1) is 5.82 Å². The Kier molecular flexibility index (Phi) is 4.36. The van der Waals surface area contributed by atoms with Gasteiger partial charge in [-0.3, -0.25) is 0 Å². The first-order valence-corrected chi connectivity index (χ1v) is 9.50. The van der Waals surface area contributed by atoms with Gasteiger partial charge in [-0.05, 0) is 43.3 Å². The van der Waals surface area contributed by atoms with Gasteiger partial charge in [0.15, 0.2) is 0 Å². The van der Waals surface area contributed by atoms with Crippen LogP contribution in [0.4, 0.5) is 4.39 Å². The van der Waals surface area contributed by atoms with Gasteiger partial charge in [0, 0.05) is 6.07 Å². The van der Waals surface area contributed by atoms with Gasteiger partial charge in [-0.25, -0.2) is 4.39 Å². The quantitative estimate of drug-likeness (QED) is 0.635. The molecule has 2 heteroatoms. The molecule has 0 aliphatic carbocycles. The summed E-state index contributed by atoms with van der Waals surface area (Å²) in [6.07, 6.45) is 0.977. The van der Waals surface area contributed by atoms with Gasteiger partial charge in [0.05, 0.1) is 6.16 Å². The minimum Gasteiger partial charge on any atom is -0.207 e. The summed E-state index contributed by atoms with van der Waals surface area (Å²) in [5.74, 6) is -0.165. The highest BCUT2D eigenvalue weighted by molar-refractivity contribution is 7.95. The SMILES string of the molecule is CC[P+](c1ccccc1)(c1ccccc1)c1cccc(F)c1. The Morgan fingerprint density at radius 1 is 0.682 bits per heavy atom. The average Bonchev–Trinajstić information content (AvgIpc) is 2.58. The maximum absolute atomic E-state index is 13.9. The van der Waals surface area contributed by atoms with Crippen LogP contribution < -0.4 is 15.9 Å². The van der Waals surface area contributed by atoms with Crippen molar-refractivity contribution in [2.75, 3.05) is 6.16 Å². The van der Waals surface area contributed by atoms with Gasteiger partial charge >= 0.3 is 0 Å². The number of benzene rings is 3. The standard InChI is InChI=1S/C20H19FP/c1-2-22(18-11-5-3-6-12-18,19-13-7-4-8-14-19)20-15-9-10-17(21)16-20/h3-16H,2H2,1H3/q+1. The number of halogens is 1. The van der Waals surface area contributed by atoms with E-state index < -0.39 is 7.26 Å². The van der Waals surface area contributed by atoms with E-state index in [1.807, 2.05) is 18.2 Å². The van der Waals surface area contributed by atoms with Gasteiger partial charge in [-0.1, -0.05) is 42.5 Å². The molecule has 0 atom stereocenters. The van der Waals surface area contributed by atoms with Crippen LogP contribution in [-0.2, 0) is 0 Å². The zero-order valence-electron chi connectivity index (χ0n) is 12.6. The lowest BCUT2D eigenvalue weighted by atomic mass is 10.3. The van der Waals surface area contributed by atoms with Crippen LogP contribution in [0.5, 0.6) is 0 Å². The number of rotatable bonds is 4. The van der Waals surface area contributed by atoms with Gasteiger partial charge in [0.25, 0.3) is 0 Å². The summed E-state index contributed by atoms with van der Waals surface area (Å²) in [6, 6.07) is 28.2. The second-order valence-corrected chi connectivity index (χ2v) is 9.08. The molecule has 0 radical (unpaired) electrons. The van der Waals surface area contributed by atoms with Crippen molar-refractivity contribution in [2.24, 2.45) is 0 Å². The predicted octanol–water partition coefficient (Wildman–Crippen LogP) is 4.14. The summed E-state index contributed by atoms with van der Waals surface area (Å²) >= 11 is 0. The van der Waals surface area contributed by atoms with Crippen molar-refractivity contribution in [3.63, 3.8) is 0 Å². The van der Waals surface area contributed by atoms with E-state index in [0.29, 0.717) is 0 Å². The third-order valence-electron chi connectivity index (χ3n) is 4.12. The molecule has 0 fully saturated rings. The zero-order valence-corrected chi connectivity index (χ0v) is 13.5. The van der Waals surface area contributed by atoms with Crippen LogP contribution >= 0.6 is 7.26 Å². The normalized spacial score (nSPS) is 11.4. The van der Waals surface area contributed by atoms with E-state index >= 15 is 0 Å². The molecule has 22 heavy (non-hydrogen) atoms. The van der Waals surface area contributed by atoms with Crippen molar-refractivity contribution in [3.05, 3.63) is 90.7 Å². The molecule has 3 aromatic carbocycles. The summed E-state index contributed by atoms with van der Waals surface area (Å²) in [5, 5.41) is 3.70. The molecule has 0 heterocycles. The van der Waals surface area contributed by atoms with Crippen LogP contribution in [-0.4, -0.2) is 6.16 Å². The number of hydrogen-bond acceptors (Lipinski definition) is 0. The maximum Gasteiger partial charge on any atom is 0.127 e. The Labute approximate surface area is 132 Å². The molecule has 0 saturated carbocycles. The third kappa shape index (κ3) is 2.58. The molecule has 0 aliphatic heterocycles. The first-order valence-electron chi connectivity index (χ1n) is 7.53. The van der Waals surface area contributed by atoms with Gasteiger partial charge < -0.3 is 0 Å². The lowest BCUT2D eigenvalue weighted by molar-refractivity contribution is 0.629. The number of hydrogen-bond donors (Lipinski definition) is 0. The summed E-state index contributed by atoms with van der Waals surface area (Å²) in [6.45, 7) is 2.21. The van der Waals surface area contributed by atoms with Crippen molar-refractivity contribution < 1.29 is 4.39 Å². The fourth-order valence-corrected chi connectivity index (χ4v) is 7.11. The van der Waals surface area contributed by atoms with E-state index in [4.69, 9.17) is 0 Å². The van der Waals surface area contributed by atoms with E-state index in [1.54, 1.807) is 6.07 Å². The van der Waals surface area contributed by atoms with Crippen LogP contribution in [0.1, 0.15) is 6.92 Å². The highest BCUT2D eigenvalue weighted by Gasteiger charge is 2.43. The molecule has 0 aromatic heterocycles. The lowest BCUT2D eigenvalue weighted by Crippen LogP contribution is -2.32. The van der Waals surface area contributed by atoms with Crippen molar-refractivity contribution in [1.82, 2.24) is 0 Å². The summed E-state index contributed by atoms with van der Waals surface area (Å²) in [4.78, 5) is 0. The molecular formula is C20H19FP+. The van der Waals surface area contributed by atoms with Crippen LogP contribution in [0.3, 0.4) is 0 Å². The molecule has 3 aromatic rings. The molecule has 0 unspecified atom stereocenters. The fraction of sp³-hybridized carbons (Fsp3) is 0.100. The van der Waals surface area contributed by atoms with Gasteiger partial charge in [-0.2, -0.15) is 0 Å². The van der Waals surface area contributed by atoms with E-state index in [1.165, 1.54) is 16.7 Å². The van der Waals surface area contributed by atoms with E-state index in [9.17, 15) is 4.39 Å². The predicted molar refractivity (Wildman–Crippen MR) is 95.6 cm³/mol. The fourth-order valence-electron chi connectivity index (χ4n) is 3.07. The molecule has 0 saturated heterocycles. The molecule has 0 amide bonds. The van der Waals surface area contributed by atoms with E-state index in [2.05, 4.69) is 61.5 Å². The molecule has 110 valence electrons. The molecular weight excluding hydrogens is 290 g/mol. The van der Waals surface area contributed by atoms with Gasteiger partial charge in [0.2, 0.25) is 0 Å². The second-order valence-electron chi connectivity index (χ2n) is 5.28. The molecule has 0 nitrogen and oxygen atoms in total. The summed E-state index contributed by atoms with van der Waals surface area (Å²) in [5.41, 5.74) is 0. The second kappa shape index (κ2) is 6.42. The average molecular weight is 309 g/mol. The lowest BCUT2D eigenvalue weighted by Gasteiger charge is -2.26. The Hall–Kier alpha value is -1.98. The Balaban J connectivity index is 2.31. The monoisotopic (exact) mass is 309 g/mol. The molecule has 0 N–H and O–H groups in total. The molecule has 3 rings (SSSR count). The smallest absolute Gasteiger partial charge is 0.127 e. The summed E-state index contributed by atoms with van der Waals surface area (Å²) < 4.78 is 13.9. The Morgan fingerprint density at radius 2 is 1.18 bits per heavy atom. The van der Waals surface area contributed by atoms with Crippen LogP contribution in [0.2, 0.25) is 0 Å². The van der Waals surface area contributed by atoms with Crippen molar-refractivity contribution in [2.45, 2.75) is 6.92 Å². The van der Waals surface area contributed by atoms with Crippen molar-refractivity contribution >= 4 is 23.2 Å². The summed E-state index contributed by atoms with van der Waals surface area (Å²) in [7, 11) is -1.80. The first kappa shape index (κ1) is 14.9. The topological polar surface area (TPSA) is 0 Å². The van der Waals surface area contributed by atoms with Crippen LogP contribution in [0.25, 0.3) is 0 Å². The minimum atomic E-state index is -1.80. The minimum absolute atomic E-state index is 0.165. The first-order chi connectivity index (χ1) is 10.8. The highest BCUT2D eigenvalue weighted by Crippen LogP contribution is 2.54. The van der Waals surface area contributed by atoms with Crippen molar-refractivity contribution in [3.8, 4) is 0 Å². The van der Waals surface area contributed by atoms with E-state index in [-0.39, 0.29) is 5.82 Å². The van der Waals surface area contributed by atoms with Gasteiger partial charge in [-0.15, -0.1) is 0 Å². The Morgan fingerprint density at radius 3 is 1.64 bits per heavy atom. The van der Waals surface area contributed by atoms with E-state index in [0.717, 1.165) is 11.5 Å². The van der Waals surface area contributed by atoms with Crippen LogP contribution in [0.15, 0.2) is 84.9 Å². The largest absolute Gasteiger partial charge is 0.207 e. The zero-order chi connectivity index (χ0) is 15.4. The maximum atomic E-state index is 13.9. The molecule has 0 spiro atoms. The third-order valence-corrected chi connectivity index (χ3v) is 8.59. The molecule has 0 bridgehead atoms.